The second-order valence-electron chi connectivity index (χ2n) is 2.62. The second kappa shape index (κ2) is 5.15. The van der Waals surface area contributed by atoms with Crippen molar-refractivity contribution in [1.29, 1.82) is 5.26 Å². The number of halogens is 2. The van der Waals surface area contributed by atoms with Gasteiger partial charge in [0.15, 0.2) is 0 Å². The van der Waals surface area contributed by atoms with Crippen molar-refractivity contribution in [3.8, 4) is 6.07 Å². The average Bonchev–Trinajstić information content (AvgIpc) is 2.22. The first-order chi connectivity index (χ1) is 7.11. The molecule has 0 atom stereocenters. The summed E-state index contributed by atoms with van der Waals surface area (Å²) in [6.45, 7) is 2.00. The molecule has 1 aromatic carbocycles. The zero-order valence-electron chi connectivity index (χ0n) is 7.88. The third kappa shape index (κ3) is 2.49. The lowest BCUT2D eigenvalue weighted by molar-refractivity contribution is 0.0526. The molecule has 78 valence electrons. The standard InChI is InChI=1S/C10H7BrClNO2/c1-2-15-10(14)7-4-3-6(5-13)8(11)9(7)12/h3-4H,2H2,1H3. The zero-order valence-corrected chi connectivity index (χ0v) is 10.2. The minimum absolute atomic E-state index is 0.201. The number of esters is 1. The molecule has 15 heavy (non-hydrogen) atoms. The SMILES string of the molecule is CCOC(=O)c1ccc(C#N)c(Br)c1Cl. The van der Waals surface area contributed by atoms with Crippen LogP contribution in [-0.2, 0) is 4.74 Å². The minimum atomic E-state index is -0.493. The van der Waals surface area contributed by atoms with E-state index in [1.165, 1.54) is 12.1 Å². The van der Waals surface area contributed by atoms with Gasteiger partial charge in [0.2, 0.25) is 0 Å². The number of rotatable bonds is 2. The Morgan fingerprint density at radius 3 is 2.87 bits per heavy atom. The van der Waals surface area contributed by atoms with Gasteiger partial charge in [0.05, 0.1) is 27.2 Å². The van der Waals surface area contributed by atoms with Crippen LogP contribution in [0.25, 0.3) is 0 Å². The van der Waals surface area contributed by atoms with Gasteiger partial charge in [-0.05, 0) is 35.0 Å². The molecule has 0 unspecified atom stereocenters. The molecular weight excluding hydrogens is 281 g/mol. The molecule has 0 aliphatic carbocycles. The van der Waals surface area contributed by atoms with Gasteiger partial charge >= 0.3 is 5.97 Å². The Hall–Kier alpha value is -1.05. The molecule has 0 saturated carbocycles. The summed E-state index contributed by atoms with van der Waals surface area (Å²) in [6.07, 6.45) is 0. The number of hydrogen-bond acceptors (Lipinski definition) is 3. The summed E-state index contributed by atoms with van der Waals surface area (Å²) < 4.78 is 5.22. The number of hydrogen-bond donors (Lipinski definition) is 0. The molecule has 0 bridgehead atoms. The van der Waals surface area contributed by atoms with Crippen molar-refractivity contribution in [3.05, 3.63) is 32.8 Å². The van der Waals surface area contributed by atoms with Crippen molar-refractivity contribution < 1.29 is 9.53 Å². The van der Waals surface area contributed by atoms with Crippen LogP contribution >= 0.6 is 27.5 Å². The predicted octanol–water partition coefficient (Wildman–Crippen LogP) is 3.15. The third-order valence-corrected chi connectivity index (χ3v) is 3.14. The normalized spacial score (nSPS) is 9.47. The Labute approximate surface area is 101 Å². The fourth-order valence-corrected chi connectivity index (χ4v) is 1.68. The van der Waals surface area contributed by atoms with E-state index in [1.54, 1.807) is 6.92 Å². The van der Waals surface area contributed by atoms with Crippen molar-refractivity contribution >= 4 is 33.5 Å². The monoisotopic (exact) mass is 287 g/mol. The minimum Gasteiger partial charge on any atom is -0.462 e. The van der Waals surface area contributed by atoms with Crippen LogP contribution in [0.4, 0.5) is 0 Å². The van der Waals surface area contributed by atoms with Gasteiger partial charge in [0.1, 0.15) is 6.07 Å². The van der Waals surface area contributed by atoms with E-state index in [1.807, 2.05) is 6.07 Å². The Balaban J connectivity index is 3.19. The molecule has 0 saturated heterocycles. The first-order valence-electron chi connectivity index (χ1n) is 4.17. The number of carbonyl (C=O) groups is 1. The summed E-state index contributed by atoms with van der Waals surface area (Å²) >= 11 is 9.06. The summed E-state index contributed by atoms with van der Waals surface area (Å²) in [5, 5.41) is 8.92. The van der Waals surface area contributed by atoms with E-state index in [-0.39, 0.29) is 17.2 Å². The van der Waals surface area contributed by atoms with Crippen LogP contribution < -0.4 is 0 Å². The van der Waals surface area contributed by atoms with Crippen LogP contribution in [0.5, 0.6) is 0 Å². The van der Waals surface area contributed by atoms with Crippen LogP contribution in [0.2, 0.25) is 5.02 Å². The number of nitriles is 1. The van der Waals surface area contributed by atoms with Gasteiger partial charge in [-0.2, -0.15) is 5.26 Å². The van der Waals surface area contributed by atoms with E-state index in [2.05, 4.69) is 15.9 Å². The number of carbonyl (C=O) groups excluding carboxylic acids is 1. The molecule has 1 aromatic rings. The smallest absolute Gasteiger partial charge is 0.339 e. The number of ether oxygens (including phenoxy) is 1. The first-order valence-corrected chi connectivity index (χ1v) is 5.34. The topological polar surface area (TPSA) is 50.1 Å². The highest BCUT2D eigenvalue weighted by molar-refractivity contribution is 9.10. The molecule has 0 spiro atoms. The lowest BCUT2D eigenvalue weighted by atomic mass is 10.1. The maximum Gasteiger partial charge on any atom is 0.339 e. The van der Waals surface area contributed by atoms with Gasteiger partial charge in [0.25, 0.3) is 0 Å². The highest BCUT2D eigenvalue weighted by Crippen LogP contribution is 2.29. The summed E-state index contributed by atoms with van der Waals surface area (Å²) in [4.78, 5) is 11.4. The third-order valence-electron chi connectivity index (χ3n) is 1.70. The molecule has 0 N–H and O–H groups in total. The molecule has 0 aliphatic heterocycles. The van der Waals surface area contributed by atoms with Gasteiger partial charge in [-0.3, -0.25) is 0 Å². The fourth-order valence-electron chi connectivity index (χ4n) is 1.00. The molecule has 1 rings (SSSR count). The van der Waals surface area contributed by atoms with Gasteiger partial charge in [-0.15, -0.1) is 0 Å². The van der Waals surface area contributed by atoms with Crippen LogP contribution in [-0.4, -0.2) is 12.6 Å². The molecular formula is C10H7BrClNO2. The van der Waals surface area contributed by atoms with Crippen molar-refractivity contribution in [1.82, 2.24) is 0 Å². The number of benzene rings is 1. The quantitative estimate of drug-likeness (QED) is 0.786. The highest BCUT2D eigenvalue weighted by Gasteiger charge is 2.15. The average molecular weight is 289 g/mol. The van der Waals surface area contributed by atoms with Crippen LogP contribution in [0.3, 0.4) is 0 Å². The molecule has 5 heteroatoms. The highest BCUT2D eigenvalue weighted by atomic mass is 79.9. The van der Waals surface area contributed by atoms with Gasteiger partial charge in [-0.1, -0.05) is 11.6 Å². The second-order valence-corrected chi connectivity index (χ2v) is 3.79. The van der Waals surface area contributed by atoms with Gasteiger partial charge in [-0.25, -0.2) is 4.79 Å². The largest absolute Gasteiger partial charge is 0.462 e. The van der Waals surface area contributed by atoms with E-state index < -0.39 is 5.97 Å². The molecule has 0 aliphatic rings. The molecule has 0 radical (unpaired) electrons. The lowest BCUT2D eigenvalue weighted by Crippen LogP contribution is -2.05. The Morgan fingerprint density at radius 1 is 1.67 bits per heavy atom. The summed E-state index contributed by atoms with van der Waals surface area (Å²) in [6, 6.07) is 4.94. The molecule has 0 amide bonds. The van der Waals surface area contributed by atoms with Crippen molar-refractivity contribution in [2.45, 2.75) is 6.92 Å². The van der Waals surface area contributed by atoms with Gasteiger partial charge in [0, 0.05) is 0 Å². The van der Waals surface area contributed by atoms with E-state index in [0.29, 0.717) is 10.0 Å². The molecule has 3 nitrogen and oxygen atoms in total. The summed E-state index contributed by atoms with van der Waals surface area (Å²) in [5.74, 6) is -0.493. The van der Waals surface area contributed by atoms with Crippen molar-refractivity contribution in [2.75, 3.05) is 6.61 Å². The fraction of sp³-hybridized carbons (Fsp3) is 0.200. The van der Waals surface area contributed by atoms with Crippen LogP contribution in [0.1, 0.15) is 22.8 Å². The molecule has 0 fully saturated rings. The number of nitrogens with zero attached hydrogens (tertiary/aromatic N) is 1. The van der Waals surface area contributed by atoms with E-state index >= 15 is 0 Å². The Kier molecular flexibility index (Phi) is 4.13. The molecule has 0 aromatic heterocycles. The Bertz CT molecular complexity index is 440. The maximum absolute atomic E-state index is 11.4. The van der Waals surface area contributed by atoms with Crippen molar-refractivity contribution in [2.24, 2.45) is 0 Å². The van der Waals surface area contributed by atoms with E-state index in [4.69, 9.17) is 21.6 Å². The Morgan fingerprint density at radius 2 is 2.33 bits per heavy atom. The van der Waals surface area contributed by atoms with Crippen LogP contribution in [0, 0.1) is 11.3 Å². The van der Waals surface area contributed by atoms with E-state index in [0.717, 1.165) is 0 Å². The lowest BCUT2D eigenvalue weighted by Gasteiger charge is -2.06. The van der Waals surface area contributed by atoms with Crippen LogP contribution in [0.15, 0.2) is 16.6 Å². The van der Waals surface area contributed by atoms with Crippen molar-refractivity contribution in [3.63, 3.8) is 0 Å². The first kappa shape index (κ1) is 12.0. The maximum atomic E-state index is 11.4. The predicted molar refractivity (Wildman–Crippen MR) is 59.8 cm³/mol. The summed E-state index contributed by atoms with van der Waals surface area (Å²) in [7, 11) is 0. The van der Waals surface area contributed by atoms with Gasteiger partial charge < -0.3 is 4.74 Å². The van der Waals surface area contributed by atoms with E-state index in [9.17, 15) is 4.79 Å². The summed E-state index contributed by atoms with van der Waals surface area (Å²) in [5.41, 5.74) is 0.637. The zero-order chi connectivity index (χ0) is 11.4. The molecule has 0 heterocycles.